The lowest BCUT2D eigenvalue weighted by molar-refractivity contribution is -0.134. The zero-order valence-electron chi connectivity index (χ0n) is 9.34. The van der Waals surface area contributed by atoms with Crippen molar-refractivity contribution in [2.45, 2.75) is 44.1 Å². The van der Waals surface area contributed by atoms with E-state index in [1.54, 1.807) is 0 Å². The lowest BCUT2D eigenvalue weighted by Gasteiger charge is -2.16. The first-order valence-corrected chi connectivity index (χ1v) is 8.86. The lowest BCUT2D eigenvalue weighted by Crippen LogP contribution is -2.23. The normalized spacial score (nSPS) is 19.4. The van der Waals surface area contributed by atoms with Crippen LogP contribution in [0.25, 0.3) is 0 Å². The quantitative estimate of drug-likeness (QED) is 0.283. The fourth-order valence-corrected chi connectivity index (χ4v) is 1.77. The molecule has 1 aliphatic rings. The van der Waals surface area contributed by atoms with E-state index in [2.05, 4.69) is 19.6 Å². The molecule has 0 aromatic rings. The van der Waals surface area contributed by atoms with Crippen molar-refractivity contribution in [1.82, 2.24) is 0 Å². The molecule has 0 spiro atoms. The maximum Gasteiger partial charge on any atom is 0.151 e. The minimum absolute atomic E-state index is 0.267. The molecule has 1 aliphatic carbocycles. The summed E-state index contributed by atoms with van der Waals surface area (Å²) in [5.74, 6) is 0. The van der Waals surface area contributed by atoms with Gasteiger partial charge in [0.15, 0.2) is 6.29 Å². The second kappa shape index (κ2) is 4.55. The number of ether oxygens (including phenoxy) is 2. The van der Waals surface area contributed by atoms with Crippen molar-refractivity contribution in [3.8, 4) is 0 Å². The number of hydrogen-bond acceptors (Lipinski definition) is 3. The van der Waals surface area contributed by atoms with Crippen LogP contribution in [0, 0.1) is 0 Å². The minimum Gasteiger partial charge on any atom is -0.356 e. The maximum absolute atomic E-state index is 10.5. The van der Waals surface area contributed by atoms with E-state index in [0.29, 0.717) is 0 Å². The van der Waals surface area contributed by atoms with Gasteiger partial charge in [0.2, 0.25) is 0 Å². The van der Waals surface area contributed by atoms with Gasteiger partial charge in [-0.15, -0.1) is 0 Å². The SMILES string of the molecule is C[Si](C)(C)CCOCOC1(C=O)CC1. The van der Waals surface area contributed by atoms with Crippen LogP contribution >= 0.6 is 0 Å². The molecule has 0 radical (unpaired) electrons. The predicted molar refractivity (Wildman–Crippen MR) is 58.1 cm³/mol. The van der Waals surface area contributed by atoms with Gasteiger partial charge in [-0.05, 0) is 18.9 Å². The van der Waals surface area contributed by atoms with Crippen LogP contribution in [0.1, 0.15) is 12.8 Å². The van der Waals surface area contributed by atoms with Crippen LogP contribution < -0.4 is 0 Å². The van der Waals surface area contributed by atoms with Crippen LogP contribution in [-0.2, 0) is 14.3 Å². The fraction of sp³-hybridized carbons (Fsp3) is 0.900. The number of hydrogen-bond donors (Lipinski definition) is 0. The Morgan fingerprint density at radius 2 is 2.00 bits per heavy atom. The Kier molecular flexibility index (Phi) is 3.86. The second-order valence-electron chi connectivity index (χ2n) is 5.16. The van der Waals surface area contributed by atoms with Crippen molar-refractivity contribution in [2.24, 2.45) is 0 Å². The Balaban J connectivity index is 1.97. The van der Waals surface area contributed by atoms with Crippen molar-refractivity contribution >= 4 is 14.4 Å². The third-order valence-corrected chi connectivity index (χ3v) is 4.09. The molecule has 3 nitrogen and oxygen atoms in total. The van der Waals surface area contributed by atoms with Gasteiger partial charge < -0.3 is 14.3 Å². The van der Waals surface area contributed by atoms with Gasteiger partial charge in [-0.25, -0.2) is 0 Å². The Morgan fingerprint density at radius 3 is 2.43 bits per heavy atom. The van der Waals surface area contributed by atoms with Gasteiger partial charge in [0, 0.05) is 14.7 Å². The third-order valence-electron chi connectivity index (χ3n) is 2.38. The van der Waals surface area contributed by atoms with Crippen LogP contribution in [-0.4, -0.2) is 33.4 Å². The van der Waals surface area contributed by atoms with Crippen LogP contribution in [0.3, 0.4) is 0 Å². The fourth-order valence-electron chi connectivity index (χ4n) is 1.02. The first-order valence-electron chi connectivity index (χ1n) is 5.16. The van der Waals surface area contributed by atoms with E-state index in [4.69, 9.17) is 9.47 Å². The molecule has 0 aliphatic heterocycles. The summed E-state index contributed by atoms with van der Waals surface area (Å²) in [4.78, 5) is 10.5. The van der Waals surface area contributed by atoms with E-state index in [0.717, 1.165) is 31.8 Å². The summed E-state index contributed by atoms with van der Waals surface area (Å²) < 4.78 is 10.7. The van der Waals surface area contributed by atoms with E-state index >= 15 is 0 Å². The first kappa shape index (κ1) is 11.9. The van der Waals surface area contributed by atoms with Crippen molar-refractivity contribution < 1.29 is 14.3 Å². The largest absolute Gasteiger partial charge is 0.356 e. The number of carbonyl (C=O) groups is 1. The highest BCUT2D eigenvalue weighted by atomic mass is 28.3. The van der Waals surface area contributed by atoms with Gasteiger partial charge in [0.05, 0.1) is 0 Å². The standard InChI is InChI=1S/C10H20O3Si/c1-14(2,3)7-6-12-9-13-10(8-11)4-5-10/h8H,4-7,9H2,1-3H3. The molecule has 1 fully saturated rings. The molecule has 1 rings (SSSR count). The smallest absolute Gasteiger partial charge is 0.151 e. The molecule has 4 heteroatoms. The molecule has 0 heterocycles. The van der Waals surface area contributed by atoms with Gasteiger partial charge in [0.1, 0.15) is 12.4 Å². The number of carbonyl (C=O) groups excluding carboxylic acids is 1. The summed E-state index contributed by atoms with van der Waals surface area (Å²) >= 11 is 0. The van der Waals surface area contributed by atoms with Crippen LogP contribution in [0.4, 0.5) is 0 Å². The van der Waals surface area contributed by atoms with Crippen molar-refractivity contribution in [2.75, 3.05) is 13.4 Å². The van der Waals surface area contributed by atoms with Gasteiger partial charge in [-0.2, -0.15) is 0 Å². The molecule has 0 aromatic carbocycles. The Morgan fingerprint density at radius 1 is 1.36 bits per heavy atom. The zero-order valence-corrected chi connectivity index (χ0v) is 10.3. The maximum atomic E-state index is 10.5. The average molecular weight is 216 g/mol. The summed E-state index contributed by atoms with van der Waals surface area (Å²) in [5.41, 5.74) is -0.473. The molecule has 0 unspecified atom stereocenters. The molecule has 0 aromatic heterocycles. The first-order chi connectivity index (χ1) is 6.47. The predicted octanol–water partition coefficient (Wildman–Crippen LogP) is 2.05. The Labute approximate surface area is 86.8 Å². The van der Waals surface area contributed by atoms with Gasteiger partial charge in [-0.1, -0.05) is 19.6 Å². The van der Waals surface area contributed by atoms with E-state index in [9.17, 15) is 4.79 Å². The van der Waals surface area contributed by atoms with E-state index in [1.165, 1.54) is 0 Å². The van der Waals surface area contributed by atoms with E-state index < -0.39 is 13.7 Å². The highest BCUT2D eigenvalue weighted by Crippen LogP contribution is 2.37. The van der Waals surface area contributed by atoms with Gasteiger partial charge in [0.25, 0.3) is 0 Å². The third kappa shape index (κ3) is 4.35. The van der Waals surface area contributed by atoms with Crippen molar-refractivity contribution in [3.05, 3.63) is 0 Å². The Bertz CT molecular complexity index is 194. The summed E-state index contributed by atoms with van der Waals surface area (Å²) in [7, 11) is -0.996. The molecule has 14 heavy (non-hydrogen) atoms. The molecule has 82 valence electrons. The van der Waals surface area contributed by atoms with Crippen LogP contribution in [0.15, 0.2) is 0 Å². The summed E-state index contributed by atoms with van der Waals surface area (Å²) in [6.45, 7) is 7.95. The zero-order chi connectivity index (χ0) is 10.7. The number of aldehydes is 1. The number of rotatable bonds is 7. The molecule has 0 atom stereocenters. The average Bonchev–Trinajstić information content (AvgIpc) is 2.83. The van der Waals surface area contributed by atoms with Crippen molar-refractivity contribution in [3.63, 3.8) is 0 Å². The Hall–Kier alpha value is -0.193. The molecular weight excluding hydrogens is 196 g/mol. The molecule has 1 saturated carbocycles. The van der Waals surface area contributed by atoms with E-state index in [-0.39, 0.29) is 6.79 Å². The van der Waals surface area contributed by atoms with E-state index in [1.807, 2.05) is 0 Å². The van der Waals surface area contributed by atoms with Crippen LogP contribution in [0.2, 0.25) is 25.7 Å². The summed E-state index contributed by atoms with van der Waals surface area (Å²) in [6.07, 6.45) is 2.61. The summed E-state index contributed by atoms with van der Waals surface area (Å²) in [5, 5.41) is 0. The highest BCUT2D eigenvalue weighted by Gasteiger charge is 2.44. The molecular formula is C10H20O3Si. The molecule has 0 bridgehead atoms. The molecule has 0 amide bonds. The lowest BCUT2D eigenvalue weighted by atomic mass is 10.4. The van der Waals surface area contributed by atoms with Gasteiger partial charge >= 0.3 is 0 Å². The van der Waals surface area contributed by atoms with Crippen LogP contribution in [0.5, 0.6) is 0 Å². The van der Waals surface area contributed by atoms with Crippen molar-refractivity contribution in [1.29, 1.82) is 0 Å². The topological polar surface area (TPSA) is 35.5 Å². The second-order valence-corrected chi connectivity index (χ2v) is 10.8. The highest BCUT2D eigenvalue weighted by molar-refractivity contribution is 6.76. The monoisotopic (exact) mass is 216 g/mol. The minimum atomic E-state index is -0.996. The molecule has 0 N–H and O–H groups in total. The van der Waals surface area contributed by atoms with Gasteiger partial charge in [-0.3, -0.25) is 0 Å². The summed E-state index contributed by atoms with van der Waals surface area (Å²) in [6, 6.07) is 1.14. The molecule has 0 saturated heterocycles.